The third-order valence-corrected chi connectivity index (χ3v) is 3.45. The molecular weight excluding hydrogens is 206 g/mol. The van der Waals surface area contributed by atoms with Crippen LogP contribution in [-0.2, 0) is 9.59 Å². The second-order valence-corrected chi connectivity index (χ2v) is 4.76. The van der Waals surface area contributed by atoms with Crippen molar-refractivity contribution in [2.45, 2.75) is 38.7 Å². The Balaban J connectivity index is 1.91. The number of aliphatic hydroxyl groups excluding tert-OH is 1. The minimum absolute atomic E-state index is 0.156. The number of hydrogen-bond donors (Lipinski definition) is 1. The Morgan fingerprint density at radius 3 is 2.44 bits per heavy atom. The Hall–Kier alpha value is -1.16. The van der Waals surface area contributed by atoms with E-state index in [1.807, 2.05) is 0 Å². The summed E-state index contributed by atoms with van der Waals surface area (Å²) >= 11 is 0. The second-order valence-electron chi connectivity index (χ2n) is 4.76. The van der Waals surface area contributed by atoms with Crippen molar-refractivity contribution in [3.63, 3.8) is 0 Å². The summed E-state index contributed by atoms with van der Waals surface area (Å²) in [7, 11) is 0. The molecule has 0 aromatic rings. The van der Waals surface area contributed by atoms with Gasteiger partial charge in [0, 0.05) is 18.2 Å². The Morgan fingerprint density at radius 2 is 1.94 bits per heavy atom. The molecule has 0 aromatic carbocycles. The zero-order valence-corrected chi connectivity index (χ0v) is 9.48. The summed E-state index contributed by atoms with van der Waals surface area (Å²) in [4.78, 5) is 24.5. The first-order valence-corrected chi connectivity index (χ1v) is 5.80. The summed E-state index contributed by atoms with van der Waals surface area (Å²) in [5.41, 5.74) is 0.529. The van der Waals surface area contributed by atoms with Crippen molar-refractivity contribution >= 4 is 11.8 Å². The van der Waals surface area contributed by atoms with Gasteiger partial charge in [-0.1, -0.05) is 0 Å². The van der Waals surface area contributed by atoms with Crippen molar-refractivity contribution in [2.24, 2.45) is 5.92 Å². The molecule has 4 heteroatoms. The van der Waals surface area contributed by atoms with Crippen molar-refractivity contribution in [2.75, 3.05) is 6.54 Å². The van der Waals surface area contributed by atoms with Crippen LogP contribution in [0.15, 0.2) is 11.6 Å². The maximum Gasteiger partial charge on any atom is 0.256 e. The van der Waals surface area contributed by atoms with Crippen LogP contribution in [0.25, 0.3) is 0 Å². The fourth-order valence-corrected chi connectivity index (χ4v) is 2.40. The molecule has 88 valence electrons. The lowest BCUT2D eigenvalue weighted by atomic mass is 9.87. The van der Waals surface area contributed by atoms with E-state index < -0.39 is 0 Å². The van der Waals surface area contributed by atoms with Crippen molar-refractivity contribution in [3.05, 3.63) is 11.6 Å². The highest BCUT2D eigenvalue weighted by Gasteiger charge is 2.31. The van der Waals surface area contributed by atoms with Gasteiger partial charge in [0.2, 0.25) is 0 Å². The van der Waals surface area contributed by atoms with Crippen molar-refractivity contribution < 1.29 is 14.7 Å². The van der Waals surface area contributed by atoms with Crippen LogP contribution in [0.1, 0.15) is 32.6 Å². The van der Waals surface area contributed by atoms with Crippen LogP contribution in [0.3, 0.4) is 0 Å². The quantitative estimate of drug-likeness (QED) is 0.706. The molecular formula is C12H17NO3. The number of carbonyl (C=O) groups is 2. The molecule has 1 aliphatic heterocycles. The highest BCUT2D eigenvalue weighted by molar-refractivity contribution is 6.15. The Bertz CT molecular complexity index is 340. The number of carbonyl (C=O) groups excluding carboxylic acids is 2. The molecule has 0 radical (unpaired) electrons. The molecule has 0 spiro atoms. The smallest absolute Gasteiger partial charge is 0.256 e. The van der Waals surface area contributed by atoms with Crippen LogP contribution in [0.5, 0.6) is 0 Å². The molecule has 1 aliphatic carbocycles. The monoisotopic (exact) mass is 223 g/mol. The van der Waals surface area contributed by atoms with E-state index in [2.05, 4.69) is 0 Å². The van der Waals surface area contributed by atoms with Gasteiger partial charge in [-0.15, -0.1) is 0 Å². The Morgan fingerprint density at radius 1 is 1.31 bits per heavy atom. The van der Waals surface area contributed by atoms with E-state index in [1.165, 1.54) is 11.0 Å². The molecule has 1 fully saturated rings. The molecule has 0 atom stereocenters. The van der Waals surface area contributed by atoms with Gasteiger partial charge < -0.3 is 5.11 Å². The number of aliphatic hydroxyl groups is 1. The van der Waals surface area contributed by atoms with Gasteiger partial charge in [-0.25, -0.2) is 0 Å². The number of amides is 2. The summed E-state index contributed by atoms with van der Waals surface area (Å²) in [5.74, 6) is 0.0142. The van der Waals surface area contributed by atoms with Gasteiger partial charge in [0.25, 0.3) is 11.8 Å². The lowest BCUT2D eigenvalue weighted by Gasteiger charge is -2.28. The van der Waals surface area contributed by atoms with Gasteiger partial charge >= 0.3 is 0 Å². The van der Waals surface area contributed by atoms with Crippen LogP contribution in [0, 0.1) is 5.92 Å². The molecule has 0 unspecified atom stereocenters. The first kappa shape index (κ1) is 11.3. The summed E-state index contributed by atoms with van der Waals surface area (Å²) in [5, 5.41) is 9.38. The molecule has 1 N–H and O–H groups in total. The topological polar surface area (TPSA) is 57.6 Å². The molecule has 16 heavy (non-hydrogen) atoms. The largest absolute Gasteiger partial charge is 0.393 e. The lowest BCUT2D eigenvalue weighted by molar-refractivity contribution is -0.138. The van der Waals surface area contributed by atoms with Gasteiger partial charge in [-0.3, -0.25) is 14.5 Å². The van der Waals surface area contributed by atoms with Crippen molar-refractivity contribution in [1.82, 2.24) is 4.90 Å². The van der Waals surface area contributed by atoms with Gasteiger partial charge in [0.05, 0.1) is 6.10 Å². The van der Waals surface area contributed by atoms with Gasteiger partial charge in [-0.2, -0.15) is 0 Å². The van der Waals surface area contributed by atoms with Crippen molar-refractivity contribution in [3.8, 4) is 0 Å². The first-order chi connectivity index (χ1) is 7.58. The van der Waals surface area contributed by atoms with E-state index in [1.54, 1.807) is 6.92 Å². The van der Waals surface area contributed by atoms with E-state index in [0.29, 0.717) is 18.0 Å². The number of nitrogens with zero attached hydrogens (tertiary/aromatic N) is 1. The van der Waals surface area contributed by atoms with E-state index in [9.17, 15) is 14.7 Å². The third kappa shape index (κ3) is 2.16. The van der Waals surface area contributed by atoms with Crippen LogP contribution < -0.4 is 0 Å². The SMILES string of the molecule is CC1=CC(=O)N(CC2CCC(O)CC2)C1=O. The molecule has 0 saturated heterocycles. The molecule has 2 aliphatic rings. The van der Waals surface area contributed by atoms with Gasteiger partial charge in [-0.05, 0) is 38.5 Å². The van der Waals surface area contributed by atoms with E-state index in [-0.39, 0.29) is 17.9 Å². The lowest BCUT2D eigenvalue weighted by Crippen LogP contribution is -2.37. The predicted molar refractivity (Wildman–Crippen MR) is 58.4 cm³/mol. The standard InChI is InChI=1S/C12H17NO3/c1-8-6-11(15)13(12(8)16)7-9-2-4-10(14)5-3-9/h6,9-10,14H,2-5,7H2,1H3. The van der Waals surface area contributed by atoms with Gasteiger partial charge in [0.1, 0.15) is 0 Å². The minimum Gasteiger partial charge on any atom is -0.393 e. The second kappa shape index (κ2) is 4.37. The molecule has 1 heterocycles. The molecule has 1 saturated carbocycles. The minimum atomic E-state index is -0.193. The maximum atomic E-state index is 11.6. The van der Waals surface area contributed by atoms with Crippen LogP contribution >= 0.6 is 0 Å². The maximum absolute atomic E-state index is 11.6. The summed E-state index contributed by atoms with van der Waals surface area (Å²) < 4.78 is 0. The molecule has 2 amide bonds. The third-order valence-electron chi connectivity index (χ3n) is 3.45. The molecule has 4 nitrogen and oxygen atoms in total. The Kier molecular flexibility index (Phi) is 3.10. The normalized spacial score (nSPS) is 30.9. The average Bonchev–Trinajstić information content (AvgIpc) is 2.48. The fraction of sp³-hybridized carbons (Fsp3) is 0.667. The highest BCUT2D eigenvalue weighted by Crippen LogP contribution is 2.26. The average molecular weight is 223 g/mol. The highest BCUT2D eigenvalue weighted by atomic mass is 16.3. The molecule has 0 aromatic heterocycles. The fourth-order valence-electron chi connectivity index (χ4n) is 2.40. The summed E-state index contributed by atoms with van der Waals surface area (Å²) in [6.07, 6.45) is 4.58. The number of imide groups is 1. The van der Waals surface area contributed by atoms with Crippen LogP contribution in [0.2, 0.25) is 0 Å². The van der Waals surface area contributed by atoms with Crippen molar-refractivity contribution in [1.29, 1.82) is 0 Å². The summed E-state index contributed by atoms with van der Waals surface area (Å²) in [6.45, 7) is 2.18. The molecule has 0 bridgehead atoms. The first-order valence-electron chi connectivity index (χ1n) is 5.80. The number of hydrogen-bond acceptors (Lipinski definition) is 3. The zero-order valence-electron chi connectivity index (χ0n) is 9.48. The predicted octanol–water partition coefficient (Wildman–Crippen LogP) is 0.853. The van der Waals surface area contributed by atoms with Gasteiger partial charge in [0.15, 0.2) is 0 Å². The zero-order chi connectivity index (χ0) is 11.7. The summed E-state index contributed by atoms with van der Waals surface area (Å²) in [6, 6.07) is 0. The Labute approximate surface area is 94.9 Å². The van der Waals surface area contributed by atoms with E-state index >= 15 is 0 Å². The van der Waals surface area contributed by atoms with Crippen LogP contribution in [0.4, 0.5) is 0 Å². The van der Waals surface area contributed by atoms with E-state index in [4.69, 9.17) is 0 Å². The molecule has 2 rings (SSSR count). The number of rotatable bonds is 2. The van der Waals surface area contributed by atoms with E-state index in [0.717, 1.165) is 25.7 Å². The van der Waals surface area contributed by atoms with Crippen LogP contribution in [-0.4, -0.2) is 34.5 Å².